The molecule has 3 aromatic carbocycles. The second kappa shape index (κ2) is 15.7. The molecule has 3 aliphatic rings. The van der Waals surface area contributed by atoms with Gasteiger partial charge in [0.15, 0.2) is 5.78 Å². The summed E-state index contributed by atoms with van der Waals surface area (Å²) in [5.41, 5.74) is 0.658. The number of amides is 2. The molecule has 9 heteroatoms. The average molecular weight is 705 g/mol. The van der Waals surface area contributed by atoms with Crippen LogP contribution in [-0.2, 0) is 12.6 Å². The van der Waals surface area contributed by atoms with Gasteiger partial charge in [0.25, 0.3) is 0 Å². The molecule has 274 valence electrons. The van der Waals surface area contributed by atoms with Crippen molar-refractivity contribution in [2.45, 2.75) is 109 Å². The Bertz CT molecular complexity index is 1720. The normalized spacial score (nSPS) is 24.6. The molecule has 3 aliphatic carbocycles. The second-order valence-corrected chi connectivity index (χ2v) is 14.9. The Hall–Kier alpha value is -3.95. The molecule has 6 nitrogen and oxygen atoms in total. The maximum absolute atomic E-state index is 14.3. The number of hydrogen-bond donors (Lipinski definition) is 3. The Morgan fingerprint density at radius 3 is 2.47 bits per heavy atom. The molecule has 3 N–H and O–H groups in total. The van der Waals surface area contributed by atoms with Crippen LogP contribution in [0.4, 0.5) is 18.0 Å². The number of allylic oxidation sites excluding steroid dienone is 2. The maximum atomic E-state index is 14.3. The fourth-order valence-electron chi connectivity index (χ4n) is 8.13. The Morgan fingerprint density at radius 1 is 1.02 bits per heavy atom. The van der Waals surface area contributed by atoms with Crippen LogP contribution in [0.25, 0.3) is 0 Å². The van der Waals surface area contributed by atoms with Gasteiger partial charge in [-0.2, -0.15) is 13.2 Å². The minimum absolute atomic E-state index is 0.0725. The van der Waals surface area contributed by atoms with Crippen LogP contribution in [0.2, 0.25) is 0 Å². The lowest BCUT2D eigenvalue weighted by Gasteiger charge is -2.46. The molecular formula is C42H51F3N2O4. The quantitative estimate of drug-likeness (QED) is 0.161. The van der Waals surface area contributed by atoms with Crippen LogP contribution in [0.3, 0.4) is 0 Å². The van der Waals surface area contributed by atoms with E-state index in [0.717, 1.165) is 23.3 Å². The summed E-state index contributed by atoms with van der Waals surface area (Å²) in [4.78, 5) is 29.8. The van der Waals surface area contributed by atoms with Gasteiger partial charge < -0.3 is 20.4 Å². The summed E-state index contributed by atoms with van der Waals surface area (Å²) in [7, 11) is 0. The predicted octanol–water partition coefficient (Wildman–Crippen LogP) is 9.16. The van der Waals surface area contributed by atoms with Gasteiger partial charge in [0.2, 0.25) is 0 Å². The van der Waals surface area contributed by atoms with Crippen LogP contribution in [-0.4, -0.2) is 51.7 Å². The molecule has 5 atom stereocenters. The molecule has 2 amide bonds. The van der Waals surface area contributed by atoms with E-state index >= 15 is 0 Å². The van der Waals surface area contributed by atoms with Crippen LogP contribution in [0.5, 0.6) is 0 Å². The van der Waals surface area contributed by atoms with Crippen molar-refractivity contribution in [2.75, 3.05) is 13.1 Å². The monoisotopic (exact) mass is 704 g/mol. The Kier molecular flexibility index (Phi) is 11.8. The van der Waals surface area contributed by atoms with Crippen LogP contribution >= 0.6 is 0 Å². The van der Waals surface area contributed by atoms with Crippen molar-refractivity contribution < 1.29 is 33.0 Å². The molecule has 1 saturated carbocycles. The van der Waals surface area contributed by atoms with E-state index in [9.17, 15) is 33.0 Å². The molecule has 6 rings (SSSR count). The summed E-state index contributed by atoms with van der Waals surface area (Å²) in [6, 6.07) is 19.1. The number of ketones is 1. The summed E-state index contributed by atoms with van der Waals surface area (Å²) < 4.78 is 41.1. The number of hydrogen-bond acceptors (Lipinski definition) is 4. The minimum atomic E-state index is -4.61. The molecular weight excluding hydrogens is 653 g/mol. The minimum Gasteiger partial charge on any atom is -0.393 e. The highest BCUT2D eigenvalue weighted by atomic mass is 19.4. The summed E-state index contributed by atoms with van der Waals surface area (Å²) in [6.45, 7) is 8.52. The number of rotatable bonds is 8. The molecule has 0 radical (unpaired) electrons. The van der Waals surface area contributed by atoms with Gasteiger partial charge in [0, 0.05) is 23.1 Å². The van der Waals surface area contributed by atoms with E-state index in [-0.39, 0.29) is 35.7 Å². The lowest BCUT2D eigenvalue weighted by molar-refractivity contribution is -0.137. The lowest BCUT2D eigenvalue weighted by Crippen LogP contribution is -2.55. The van der Waals surface area contributed by atoms with Gasteiger partial charge in [0.1, 0.15) is 0 Å². The number of nitrogens with zero attached hydrogens (tertiary/aromatic N) is 1. The van der Waals surface area contributed by atoms with Gasteiger partial charge in [0.05, 0.1) is 29.9 Å². The van der Waals surface area contributed by atoms with Crippen molar-refractivity contribution in [2.24, 2.45) is 5.41 Å². The van der Waals surface area contributed by atoms with E-state index in [1.807, 2.05) is 70.2 Å². The first-order chi connectivity index (χ1) is 24.1. The number of fused-ring (bicyclic) bond motifs is 8. The van der Waals surface area contributed by atoms with Gasteiger partial charge in [-0.1, -0.05) is 80.1 Å². The zero-order valence-corrected chi connectivity index (χ0v) is 30.1. The number of urea groups is 1. The number of carbonyl (C=O) groups excluding carboxylic acids is 2. The Morgan fingerprint density at radius 2 is 1.76 bits per heavy atom. The number of halogens is 3. The standard InChI is InChI=1S/C42H51F3N2O4/c1-5-23-47(39(50)46-29(3)31-12-7-6-8-13-31)27-41(51)22-20-37-35-19-17-30(24-34(48)18-16-28(2)11-10-21-40(37,41)4)25-36(35)38(49)32-14-9-15-33(26-32)42(43,44)45/h6-9,11-15,17,19,25-26,29,34,37,48,51H,5,10,16,18,20-24,27H2,1-4H3,(H,46,50). The van der Waals surface area contributed by atoms with Crippen molar-refractivity contribution in [3.05, 3.63) is 118 Å². The Labute approximate surface area is 299 Å². The first-order valence-corrected chi connectivity index (χ1v) is 18.2. The van der Waals surface area contributed by atoms with E-state index in [2.05, 4.69) is 11.4 Å². The summed E-state index contributed by atoms with van der Waals surface area (Å²) in [6.07, 6.45) is 1.15. The third-order valence-electron chi connectivity index (χ3n) is 11.2. The van der Waals surface area contributed by atoms with Crippen LogP contribution in [0.15, 0.2) is 84.4 Å². The average Bonchev–Trinajstić information content (AvgIpc) is 3.35. The van der Waals surface area contributed by atoms with Crippen molar-refractivity contribution >= 4 is 11.8 Å². The molecule has 3 aromatic rings. The second-order valence-electron chi connectivity index (χ2n) is 14.9. The van der Waals surface area contributed by atoms with E-state index < -0.39 is 34.6 Å². The van der Waals surface area contributed by atoms with E-state index in [1.54, 1.807) is 11.0 Å². The lowest BCUT2D eigenvalue weighted by atomic mass is 9.64. The highest BCUT2D eigenvalue weighted by molar-refractivity contribution is 6.10. The van der Waals surface area contributed by atoms with Gasteiger partial charge in [-0.3, -0.25) is 4.79 Å². The first-order valence-electron chi connectivity index (χ1n) is 18.2. The van der Waals surface area contributed by atoms with Crippen LogP contribution in [0.1, 0.15) is 123 Å². The van der Waals surface area contributed by atoms with Gasteiger partial charge in [-0.05, 0) is 106 Å². The number of alkyl halides is 3. The molecule has 51 heavy (non-hydrogen) atoms. The number of carbonyl (C=O) groups is 2. The van der Waals surface area contributed by atoms with Crippen molar-refractivity contribution in [1.29, 1.82) is 0 Å². The Balaban J connectivity index is 1.56. The zero-order chi connectivity index (χ0) is 37.0. The maximum Gasteiger partial charge on any atom is 0.416 e. The third-order valence-corrected chi connectivity index (χ3v) is 11.2. The molecule has 1 fully saturated rings. The van der Waals surface area contributed by atoms with Crippen LogP contribution in [0, 0.1) is 5.41 Å². The topological polar surface area (TPSA) is 89.9 Å². The van der Waals surface area contributed by atoms with E-state index in [0.29, 0.717) is 69.0 Å². The van der Waals surface area contributed by atoms with Crippen molar-refractivity contribution in [3.8, 4) is 0 Å². The van der Waals surface area contributed by atoms with E-state index in [1.165, 1.54) is 12.1 Å². The van der Waals surface area contributed by atoms with Crippen molar-refractivity contribution in [1.82, 2.24) is 10.2 Å². The molecule has 0 heterocycles. The summed E-state index contributed by atoms with van der Waals surface area (Å²) in [5, 5.41) is 26.8. The fraction of sp³-hybridized carbons (Fsp3) is 0.476. The zero-order valence-electron chi connectivity index (χ0n) is 30.1. The van der Waals surface area contributed by atoms with E-state index in [4.69, 9.17) is 0 Å². The molecule has 0 saturated heterocycles. The molecule has 5 unspecified atom stereocenters. The summed E-state index contributed by atoms with van der Waals surface area (Å²) >= 11 is 0. The van der Waals surface area contributed by atoms with Crippen molar-refractivity contribution in [3.63, 3.8) is 0 Å². The smallest absolute Gasteiger partial charge is 0.393 e. The fourth-order valence-corrected chi connectivity index (χ4v) is 8.13. The molecule has 0 aliphatic heterocycles. The van der Waals surface area contributed by atoms with Crippen LogP contribution < -0.4 is 5.32 Å². The predicted molar refractivity (Wildman–Crippen MR) is 194 cm³/mol. The number of aliphatic hydroxyl groups is 2. The van der Waals surface area contributed by atoms with Gasteiger partial charge in [-0.15, -0.1) is 0 Å². The van der Waals surface area contributed by atoms with Gasteiger partial charge in [-0.25, -0.2) is 4.79 Å². The largest absolute Gasteiger partial charge is 0.416 e. The number of benzene rings is 3. The molecule has 2 bridgehead atoms. The number of aliphatic hydroxyl groups excluding tert-OH is 1. The SMILES string of the molecule is CCCN(CC1(O)CCC2c3ccc(cc3C(=O)c3cccc(C(F)(F)F)c3)CC(O)CCC(C)=CCCC21C)C(=O)NC(C)c1ccccc1. The highest BCUT2D eigenvalue weighted by Crippen LogP contribution is 2.59. The summed E-state index contributed by atoms with van der Waals surface area (Å²) in [5.74, 6) is -0.868. The first kappa shape index (κ1) is 38.3. The molecule has 0 aromatic heterocycles. The number of nitrogens with one attached hydrogen (secondary N) is 1. The third kappa shape index (κ3) is 8.58. The highest BCUT2D eigenvalue weighted by Gasteiger charge is 2.57. The van der Waals surface area contributed by atoms with Gasteiger partial charge >= 0.3 is 12.2 Å². The molecule has 0 spiro atoms.